The number of rotatable bonds is 7. The fourth-order valence-corrected chi connectivity index (χ4v) is 2.19. The van der Waals surface area contributed by atoms with Crippen LogP contribution in [0.2, 0.25) is 0 Å². The van der Waals surface area contributed by atoms with Crippen LogP contribution in [-0.2, 0) is 11.3 Å². The van der Waals surface area contributed by atoms with Crippen LogP contribution in [0.1, 0.15) is 22.8 Å². The number of carbonyl (C=O) groups excluding carboxylic acids is 2. The van der Waals surface area contributed by atoms with Crippen LogP contribution in [-0.4, -0.2) is 36.4 Å². The molecule has 2 amide bonds. The van der Waals surface area contributed by atoms with E-state index in [9.17, 15) is 18.4 Å². The SMILES string of the molecule is CC(NC(=O)c1ccoc1)C(=O)N(C)Cc1ccc(OC(F)F)cc1. The van der Waals surface area contributed by atoms with Gasteiger partial charge in [-0.25, -0.2) is 0 Å². The molecule has 0 saturated heterocycles. The predicted molar refractivity (Wildman–Crippen MR) is 85.2 cm³/mol. The van der Waals surface area contributed by atoms with Crippen molar-refractivity contribution in [3.63, 3.8) is 0 Å². The fraction of sp³-hybridized carbons (Fsp3) is 0.294. The monoisotopic (exact) mass is 352 g/mol. The summed E-state index contributed by atoms with van der Waals surface area (Å²) in [6, 6.07) is 6.77. The highest BCUT2D eigenvalue weighted by molar-refractivity contribution is 5.97. The number of amides is 2. The first-order valence-electron chi connectivity index (χ1n) is 7.48. The van der Waals surface area contributed by atoms with Crippen LogP contribution >= 0.6 is 0 Å². The second-order valence-corrected chi connectivity index (χ2v) is 5.42. The zero-order chi connectivity index (χ0) is 18.4. The van der Waals surface area contributed by atoms with Gasteiger partial charge in [0.1, 0.15) is 18.1 Å². The Morgan fingerprint density at radius 1 is 1.24 bits per heavy atom. The number of hydrogen-bond donors (Lipinski definition) is 1. The van der Waals surface area contributed by atoms with E-state index in [1.54, 1.807) is 26.1 Å². The number of carbonyl (C=O) groups is 2. The number of alkyl halides is 2. The lowest BCUT2D eigenvalue weighted by Gasteiger charge is -2.22. The number of likely N-dealkylation sites (N-methyl/N-ethyl adjacent to an activating group) is 1. The maximum atomic E-state index is 12.3. The normalized spacial score (nSPS) is 11.9. The van der Waals surface area contributed by atoms with Gasteiger partial charge in [-0.05, 0) is 30.7 Å². The number of hydrogen-bond acceptors (Lipinski definition) is 4. The number of ether oxygens (including phenoxy) is 1. The molecule has 1 atom stereocenters. The summed E-state index contributed by atoms with van der Waals surface area (Å²) in [6.45, 7) is -1.04. The molecule has 0 fully saturated rings. The molecule has 25 heavy (non-hydrogen) atoms. The van der Waals surface area contributed by atoms with Crippen molar-refractivity contribution in [2.75, 3.05) is 7.05 Å². The van der Waals surface area contributed by atoms with Crippen molar-refractivity contribution >= 4 is 11.8 Å². The van der Waals surface area contributed by atoms with Crippen LogP contribution in [0.4, 0.5) is 8.78 Å². The number of nitrogens with one attached hydrogen (secondary N) is 1. The molecule has 0 bridgehead atoms. The predicted octanol–water partition coefficient (Wildman–Crippen LogP) is 2.66. The molecule has 0 aliphatic carbocycles. The summed E-state index contributed by atoms with van der Waals surface area (Å²) >= 11 is 0. The number of halogens is 2. The Morgan fingerprint density at radius 2 is 1.92 bits per heavy atom. The second kappa shape index (κ2) is 8.27. The Bertz CT molecular complexity index is 702. The first kappa shape index (κ1) is 18.4. The first-order chi connectivity index (χ1) is 11.9. The van der Waals surface area contributed by atoms with E-state index in [1.807, 2.05) is 0 Å². The molecule has 1 N–H and O–H groups in total. The average Bonchev–Trinajstić information content (AvgIpc) is 3.10. The van der Waals surface area contributed by atoms with E-state index in [-0.39, 0.29) is 18.2 Å². The van der Waals surface area contributed by atoms with Gasteiger partial charge in [-0.15, -0.1) is 0 Å². The smallest absolute Gasteiger partial charge is 0.387 e. The van der Waals surface area contributed by atoms with Gasteiger partial charge in [0.05, 0.1) is 11.8 Å². The Labute approximate surface area is 143 Å². The molecule has 1 heterocycles. The third kappa shape index (κ3) is 5.30. The van der Waals surface area contributed by atoms with Crippen LogP contribution < -0.4 is 10.1 Å². The van der Waals surface area contributed by atoms with E-state index in [4.69, 9.17) is 4.42 Å². The minimum atomic E-state index is -2.88. The highest BCUT2D eigenvalue weighted by Crippen LogP contribution is 2.16. The molecule has 1 aromatic carbocycles. The first-order valence-corrected chi connectivity index (χ1v) is 7.48. The number of nitrogens with zero attached hydrogens (tertiary/aromatic N) is 1. The van der Waals surface area contributed by atoms with Gasteiger partial charge < -0.3 is 19.4 Å². The maximum absolute atomic E-state index is 12.3. The van der Waals surface area contributed by atoms with Crippen molar-refractivity contribution in [2.24, 2.45) is 0 Å². The Kier molecular flexibility index (Phi) is 6.10. The number of benzene rings is 1. The highest BCUT2D eigenvalue weighted by atomic mass is 19.3. The number of furan rings is 1. The standard InChI is InChI=1S/C17H18F2N2O4/c1-11(20-15(22)13-7-8-24-10-13)16(23)21(2)9-12-3-5-14(6-4-12)25-17(18)19/h3-8,10-11,17H,9H2,1-2H3,(H,20,22). The minimum Gasteiger partial charge on any atom is -0.472 e. The zero-order valence-electron chi connectivity index (χ0n) is 13.7. The van der Waals surface area contributed by atoms with Gasteiger partial charge in [-0.2, -0.15) is 8.78 Å². The van der Waals surface area contributed by atoms with Gasteiger partial charge in [0.15, 0.2) is 0 Å². The molecule has 1 aromatic heterocycles. The fourth-order valence-electron chi connectivity index (χ4n) is 2.19. The molecule has 0 saturated carbocycles. The molecule has 1 unspecified atom stereocenters. The second-order valence-electron chi connectivity index (χ2n) is 5.42. The Hall–Kier alpha value is -2.90. The summed E-state index contributed by atoms with van der Waals surface area (Å²) < 4.78 is 33.3. The quantitative estimate of drug-likeness (QED) is 0.832. The van der Waals surface area contributed by atoms with Crippen LogP contribution in [0.5, 0.6) is 5.75 Å². The lowest BCUT2D eigenvalue weighted by molar-refractivity contribution is -0.132. The zero-order valence-corrected chi connectivity index (χ0v) is 13.7. The van der Waals surface area contributed by atoms with Crippen molar-refractivity contribution in [3.05, 3.63) is 54.0 Å². The van der Waals surface area contributed by atoms with E-state index < -0.39 is 18.6 Å². The van der Waals surface area contributed by atoms with Gasteiger partial charge in [0.25, 0.3) is 5.91 Å². The van der Waals surface area contributed by atoms with Crippen molar-refractivity contribution in [2.45, 2.75) is 26.1 Å². The third-order valence-electron chi connectivity index (χ3n) is 3.45. The van der Waals surface area contributed by atoms with E-state index in [2.05, 4.69) is 10.1 Å². The van der Waals surface area contributed by atoms with E-state index in [1.165, 1.54) is 35.6 Å². The summed E-state index contributed by atoms with van der Waals surface area (Å²) in [4.78, 5) is 25.7. The Balaban J connectivity index is 1.89. The maximum Gasteiger partial charge on any atom is 0.387 e. The van der Waals surface area contributed by atoms with Crippen molar-refractivity contribution in [1.29, 1.82) is 0 Å². The average molecular weight is 352 g/mol. The molecular formula is C17H18F2N2O4. The summed E-state index contributed by atoms with van der Waals surface area (Å²) in [5.41, 5.74) is 1.07. The van der Waals surface area contributed by atoms with Crippen molar-refractivity contribution < 1.29 is 27.5 Å². The highest BCUT2D eigenvalue weighted by Gasteiger charge is 2.20. The van der Waals surface area contributed by atoms with Crippen molar-refractivity contribution in [1.82, 2.24) is 10.2 Å². The molecule has 0 aliphatic heterocycles. The van der Waals surface area contributed by atoms with E-state index in [0.29, 0.717) is 5.56 Å². The van der Waals surface area contributed by atoms with Gasteiger partial charge in [0.2, 0.25) is 5.91 Å². The Morgan fingerprint density at radius 3 is 2.48 bits per heavy atom. The topological polar surface area (TPSA) is 71.8 Å². The molecule has 0 radical (unpaired) electrons. The summed E-state index contributed by atoms with van der Waals surface area (Å²) in [6.07, 6.45) is 2.66. The van der Waals surface area contributed by atoms with Crippen LogP contribution in [0, 0.1) is 0 Å². The molecule has 0 aliphatic rings. The molecule has 8 heteroatoms. The van der Waals surface area contributed by atoms with E-state index in [0.717, 1.165) is 5.56 Å². The summed E-state index contributed by atoms with van der Waals surface area (Å²) in [7, 11) is 1.59. The van der Waals surface area contributed by atoms with Crippen LogP contribution in [0.25, 0.3) is 0 Å². The van der Waals surface area contributed by atoms with Crippen LogP contribution in [0.3, 0.4) is 0 Å². The molecule has 6 nitrogen and oxygen atoms in total. The van der Waals surface area contributed by atoms with Crippen molar-refractivity contribution in [3.8, 4) is 5.75 Å². The molecule has 2 aromatic rings. The van der Waals surface area contributed by atoms with Crippen LogP contribution in [0.15, 0.2) is 47.3 Å². The van der Waals surface area contributed by atoms with Gasteiger partial charge in [-0.3, -0.25) is 9.59 Å². The molecule has 2 rings (SSSR count). The largest absolute Gasteiger partial charge is 0.472 e. The molecular weight excluding hydrogens is 334 g/mol. The van der Waals surface area contributed by atoms with Gasteiger partial charge in [0, 0.05) is 13.6 Å². The van der Waals surface area contributed by atoms with Gasteiger partial charge >= 0.3 is 6.61 Å². The van der Waals surface area contributed by atoms with E-state index >= 15 is 0 Å². The lowest BCUT2D eigenvalue weighted by atomic mass is 10.2. The summed E-state index contributed by atoms with van der Waals surface area (Å²) in [5.74, 6) is -0.644. The summed E-state index contributed by atoms with van der Waals surface area (Å²) in [5, 5.41) is 2.59. The molecule has 0 spiro atoms. The lowest BCUT2D eigenvalue weighted by Crippen LogP contribution is -2.45. The minimum absolute atomic E-state index is 0.0495. The van der Waals surface area contributed by atoms with Gasteiger partial charge in [-0.1, -0.05) is 12.1 Å². The third-order valence-corrected chi connectivity index (χ3v) is 3.45. The molecule has 134 valence electrons.